The zero-order valence-corrected chi connectivity index (χ0v) is 13.0. The Kier molecular flexibility index (Phi) is 4.57. The molecule has 108 valence electrons. The summed E-state index contributed by atoms with van der Waals surface area (Å²) in [7, 11) is 0. The predicted octanol–water partition coefficient (Wildman–Crippen LogP) is 3.98. The molecule has 1 fully saturated rings. The van der Waals surface area contributed by atoms with Crippen molar-refractivity contribution in [3.63, 3.8) is 0 Å². The van der Waals surface area contributed by atoms with Crippen molar-refractivity contribution in [2.75, 3.05) is 0 Å². The van der Waals surface area contributed by atoms with Gasteiger partial charge in [0.25, 0.3) is 0 Å². The van der Waals surface area contributed by atoms with Crippen LogP contribution in [0.3, 0.4) is 0 Å². The third kappa shape index (κ3) is 3.14. The van der Waals surface area contributed by atoms with Gasteiger partial charge in [-0.25, -0.2) is 0 Å². The van der Waals surface area contributed by atoms with E-state index in [1.807, 2.05) is 11.6 Å². The van der Waals surface area contributed by atoms with E-state index in [1.165, 1.54) is 12.8 Å². The van der Waals surface area contributed by atoms with Crippen molar-refractivity contribution < 1.29 is 5.11 Å². The van der Waals surface area contributed by atoms with Gasteiger partial charge in [0, 0.05) is 6.54 Å². The van der Waals surface area contributed by atoms with Crippen LogP contribution in [-0.2, 0) is 12.1 Å². The van der Waals surface area contributed by atoms with Crippen LogP contribution in [0.2, 0.25) is 5.02 Å². The van der Waals surface area contributed by atoms with Gasteiger partial charge in [0.1, 0.15) is 5.60 Å². The maximum atomic E-state index is 11.1. The molecule has 1 aliphatic rings. The van der Waals surface area contributed by atoms with Crippen LogP contribution in [0.15, 0.2) is 6.20 Å². The Morgan fingerprint density at radius 2 is 2.32 bits per heavy atom. The highest BCUT2D eigenvalue weighted by atomic mass is 35.5. The molecule has 19 heavy (non-hydrogen) atoms. The third-order valence-corrected chi connectivity index (χ3v) is 4.45. The first-order valence-corrected chi connectivity index (χ1v) is 7.78. The highest BCUT2D eigenvalue weighted by Gasteiger charge is 2.39. The van der Waals surface area contributed by atoms with Crippen molar-refractivity contribution in [1.82, 2.24) is 9.78 Å². The lowest BCUT2D eigenvalue weighted by Gasteiger charge is -2.38. The molecule has 4 heteroatoms. The largest absolute Gasteiger partial charge is 0.384 e. The van der Waals surface area contributed by atoms with E-state index in [1.54, 1.807) is 6.20 Å². The maximum absolute atomic E-state index is 11.1. The lowest BCUT2D eigenvalue weighted by atomic mass is 9.73. The Hall–Kier alpha value is -0.540. The van der Waals surface area contributed by atoms with E-state index in [0.29, 0.717) is 16.9 Å². The number of rotatable bonds is 4. The minimum atomic E-state index is -0.790. The van der Waals surface area contributed by atoms with Crippen molar-refractivity contribution in [3.05, 3.63) is 16.9 Å². The Morgan fingerprint density at radius 1 is 1.58 bits per heavy atom. The molecule has 0 aliphatic heterocycles. The molecule has 0 amide bonds. The second-order valence-electron chi connectivity index (χ2n) is 6.28. The lowest BCUT2D eigenvalue weighted by molar-refractivity contribution is -0.0314. The van der Waals surface area contributed by atoms with Crippen molar-refractivity contribution in [1.29, 1.82) is 0 Å². The number of nitrogens with zero attached hydrogens (tertiary/aromatic N) is 2. The van der Waals surface area contributed by atoms with Gasteiger partial charge >= 0.3 is 0 Å². The number of aromatic nitrogens is 2. The predicted molar refractivity (Wildman–Crippen MR) is 78.2 cm³/mol. The van der Waals surface area contributed by atoms with Crippen LogP contribution in [0.4, 0.5) is 0 Å². The van der Waals surface area contributed by atoms with E-state index in [9.17, 15) is 5.11 Å². The van der Waals surface area contributed by atoms with Crippen molar-refractivity contribution >= 4 is 11.6 Å². The summed E-state index contributed by atoms with van der Waals surface area (Å²) >= 11 is 6.26. The molecule has 0 radical (unpaired) electrons. The summed E-state index contributed by atoms with van der Waals surface area (Å²) < 4.78 is 1.85. The van der Waals surface area contributed by atoms with Crippen molar-refractivity contribution in [2.24, 2.45) is 11.8 Å². The third-order valence-electron chi connectivity index (χ3n) is 4.17. The van der Waals surface area contributed by atoms with Gasteiger partial charge in [0.15, 0.2) is 0 Å². The normalized spacial score (nSPS) is 28.0. The van der Waals surface area contributed by atoms with Gasteiger partial charge in [-0.1, -0.05) is 31.9 Å². The second kappa shape index (κ2) is 5.84. The average Bonchev–Trinajstić information content (AvgIpc) is 2.70. The molecule has 2 atom stereocenters. The van der Waals surface area contributed by atoms with E-state index >= 15 is 0 Å². The molecule has 1 heterocycles. The van der Waals surface area contributed by atoms with Crippen LogP contribution in [0, 0.1) is 11.8 Å². The molecule has 0 bridgehead atoms. The molecule has 0 spiro atoms. The summed E-state index contributed by atoms with van der Waals surface area (Å²) in [5.41, 5.74) is 0.0339. The molecule has 1 saturated carbocycles. The second-order valence-corrected chi connectivity index (χ2v) is 6.69. The first-order valence-electron chi connectivity index (χ1n) is 7.40. The standard InChI is InChI=1S/C15H25ClN2O/c1-4-18-14(13(16)10-17-18)15(19)7-5-6-12(9-15)8-11(2)3/h10-12,19H,4-9H2,1-3H3. The summed E-state index contributed by atoms with van der Waals surface area (Å²) in [6.45, 7) is 7.28. The fourth-order valence-electron chi connectivity index (χ4n) is 3.51. The summed E-state index contributed by atoms with van der Waals surface area (Å²) in [4.78, 5) is 0. The smallest absolute Gasteiger partial charge is 0.108 e. The highest BCUT2D eigenvalue weighted by Crippen LogP contribution is 2.44. The van der Waals surface area contributed by atoms with Gasteiger partial charge in [0.05, 0.1) is 16.9 Å². The van der Waals surface area contributed by atoms with E-state index in [-0.39, 0.29) is 0 Å². The number of hydrogen-bond acceptors (Lipinski definition) is 2. The molecule has 0 saturated heterocycles. The Morgan fingerprint density at radius 3 is 2.95 bits per heavy atom. The number of halogens is 1. The fourth-order valence-corrected chi connectivity index (χ4v) is 3.83. The Labute approximate surface area is 121 Å². The average molecular weight is 285 g/mol. The highest BCUT2D eigenvalue weighted by molar-refractivity contribution is 6.31. The SMILES string of the molecule is CCn1ncc(Cl)c1C1(O)CCCC(CC(C)C)C1. The molecular weight excluding hydrogens is 260 g/mol. The maximum Gasteiger partial charge on any atom is 0.108 e. The number of hydrogen-bond donors (Lipinski definition) is 1. The van der Waals surface area contributed by atoms with E-state index in [2.05, 4.69) is 18.9 Å². The van der Waals surface area contributed by atoms with Gasteiger partial charge in [-0.15, -0.1) is 0 Å². The molecule has 0 aromatic carbocycles. The van der Waals surface area contributed by atoms with Crippen LogP contribution in [0.1, 0.15) is 58.6 Å². The first-order chi connectivity index (χ1) is 8.96. The summed E-state index contributed by atoms with van der Waals surface area (Å²) in [5, 5.41) is 15.9. The molecule has 2 rings (SSSR count). The van der Waals surface area contributed by atoms with Gasteiger partial charge in [-0.2, -0.15) is 5.10 Å². The summed E-state index contributed by atoms with van der Waals surface area (Å²) in [5.74, 6) is 1.27. The molecular formula is C15H25ClN2O. The quantitative estimate of drug-likeness (QED) is 0.908. The van der Waals surface area contributed by atoms with Crippen LogP contribution in [-0.4, -0.2) is 14.9 Å². The van der Waals surface area contributed by atoms with Crippen LogP contribution in [0.5, 0.6) is 0 Å². The zero-order chi connectivity index (χ0) is 14.0. The van der Waals surface area contributed by atoms with E-state index < -0.39 is 5.60 Å². The van der Waals surface area contributed by atoms with Gasteiger partial charge in [0.2, 0.25) is 0 Å². The van der Waals surface area contributed by atoms with Gasteiger partial charge in [-0.05, 0) is 44.4 Å². The fraction of sp³-hybridized carbons (Fsp3) is 0.800. The molecule has 2 unspecified atom stereocenters. The first kappa shape index (κ1) is 14.9. The number of aliphatic hydroxyl groups is 1. The van der Waals surface area contributed by atoms with Crippen LogP contribution < -0.4 is 0 Å². The van der Waals surface area contributed by atoms with E-state index in [0.717, 1.165) is 31.5 Å². The summed E-state index contributed by atoms with van der Waals surface area (Å²) in [6.07, 6.45) is 6.74. The van der Waals surface area contributed by atoms with Crippen LogP contribution in [0.25, 0.3) is 0 Å². The van der Waals surface area contributed by atoms with Crippen LogP contribution >= 0.6 is 11.6 Å². The minimum absolute atomic E-state index is 0.593. The molecule has 1 N–H and O–H groups in total. The van der Waals surface area contributed by atoms with Crippen molar-refractivity contribution in [3.8, 4) is 0 Å². The Bertz CT molecular complexity index is 430. The molecule has 1 aromatic heterocycles. The molecule has 1 aliphatic carbocycles. The van der Waals surface area contributed by atoms with Gasteiger partial charge in [-0.3, -0.25) is 4.68 Å². The minimum Gasteiger partial charge on any atom is -0.384 e. The summed E-state index contributed by atoms with van der Waals surface area (Å²) in [6, 6.07) is 0. The monoisotopic (exact) mass is 284 g/mol. The molecule has 3 nitrogen and oxygen atoms in total. The van der Waals surface area contributed by atoms with Gasteiger partial charge < -0.3 is 5.11 Å². The van der Waals surface area contributed by atoms with Crippen molar-refractivity contribution in [2.45, 2.75) is 65.0 Å². The molecule has 1 aromatic rings. The lowest BCUT2D eigenvalue weighted by Crippen LogP contribution is -2.35. The number of aryl methyl sites for hydroxylation is 1. The zero-order valence-electron chi connectivity index (χ0n) is 12.2. The topological polar surface area (TPSA) is 38.0 Å². The Balaban J connectivity index is 2.23. The van der Waals surface area contributed by atoms with E-state index in [4.69, 9.17) is 11.6 Å².